The number of aryl methyl sites for hydroxylation is 1. The predicted molar refractivity (Wildman–Crippen MR) is 115 cm³/mol. The first kappa shape index (κ1) is 19.9. The van der Waals surface area contributed by atoms with Crippen LogP contribution in [0.3, 0.4) is 0 Å². The molecule has 1 aliphatic heterocycles. The quantitative estimate of drug-likeness (QED) is 0.574. The molecule has 0 unspecified atom stereocenters. The van der Waals surface area contributed by atoms with Crippen molar-refractivity contribution >= 4 is 28.5 Å². The highest BCUT2D eigenvalue weighted by molar-refractivity contribution is 7.12. The van der Waals surface area contributed by atoms with E-state index in [9.17, 15) is 20.2 Å². The Morgan fingerprint density at radius 1 is 1.30 bits per heavy atom. The number of carbonyl (C=O) groups is 1. The van der Waals surface area contributed by atoms with Crippen LogP contribution in [0.2, 0.25) is 0 Å². The highest BCUT2D eigenvalue weighted by Crippen LogP contribution is 2.48. The fourth-order valence-electron chi connectivity index (χ4n) is 4.19. The number of nitrogens with zero attached hydrogens (tertiary/aromatic N) is 3. The van der Waals surface area contributed by atoms with Gasteiger partial charge < -0.3 is 5.73 Å². The first-order valence-electron chi connectivity index (χ1n) is 9.76. The minimum absolute atomic E-state index is 0.0310. The Balaban J connectivity index is 1.99. The number of hydrogen-bond acceptors (Lipinski definition) is 7. The molecule has 2 heterocycles. The van der Waals surface area contributed by atoms with E-state index in [2.05, 4.69) is 13.0 Å². The molecule has 152 valence electrons. The normalized spacial score (nSPS) is 19.0. The summed E-state index contributed by atoms with van der Waals surface area (Å²) in [4.78, 5) is 27.8. The zero-order valence-electron chi connectivity index (χ0n) is 16.4. The molecule has 1 aromatic heterocycles. The van der Waals surface area contributed by atoms with Crippen LogP contribution < -0.4 is 10.6 Å². The summed E-state index contributed by atoms with van der Waals surface area (Å²) in [6, 6.07) is 12.4. The molecule has 1 aromatic carbocycles. The average molecular weight is 420 g/mol. The molecular weight excluding hydrogens is 400 g/mol. The van der Waals surface area contributed by atoms with Crippen molar-refractivity contribution in [2.75, 3.05) is 4.90 Å². The third-order valence-electron chi connectivity index (χ3n) is 5.55. The number of benzene rings is 1. The lowest BCUT2D eigenvalue weighted by atomic mass is 9.78. The highest BCUT2D eigenvalue weighted by atomic mass is 32.1. The van der Waals surface area contributed by atoms with E-state index in [1.54, 1.807) is 34.4 Å². The third kappa shape index (κ3) is 3.08. The van der Waals surface area contributed by atoms with Crippen LogP contribution in [0.25, 0.3) is 0 Å². The Labute approximate surface area is 177 Å². The van der Waals surface area contributed by atoms with Crippen molar-refractivity contribution in [1.29, 1.82) is 5.26 Å². The van der Waals surface area contributed by atoms with Gasteiger partial charge >= 0.3 is 0 Å². The number of allylic oxidation sites excluding steroid dienone is 3. The summed E-state index contributed by atoms with van der Waals surface area (Å²) in [5, 5.41) is 21.6. The molecule has 8 heteroatoms. The highest BCUT2D eigenvalue weighted by Gasteiger charge is 2.42. The Bertz CT molecular complexity index is 1160. The van der Waals surface area contributed by atoms with Gasteiger partial charge in [-0.2, -0.15) is 5.26 Å². The van der Waals surface area contributed by atoms with Crippen molar-refractivity contribution in [1.82, 2.24) is 0 Å². The zero-order chi connectivity index (χ0) is 21.4. The number of carbonyl (C=O) groups excluding carboxylic acids is 1. The summed E-state index contributed by atoms with van der Waals surface area (Å²) in [5.41, 5.74) is 8.08. The maximum Gasteiger partial charge on any atom is 0.293 e. The van der Waals surface area contributed by atoms with Crippen molar-refractivity contribution in [3.05, 3.63) is 78.9 Å². The molecule has 2 aromatic rings. The van der Waals surface area contributed by atoms with E-state index in [1.807, 2.05) is 12.1 Å². The Hall–Kier alpha value is -3.44. The van der Waals surface area contributed by atoms with Gasteiger partial charge in [0.2, 0.25) is 0 Å². The Morgan fingerprint density at radius 3 is 2.73 bits per heavy atom. The summed E-state index contributed by atoms with van der Waals surface area (Å²) in [7, 11) is 0. The second kappa shape index (κ2) is 7.76. The van der Waals surface area contributed by atoms with Gasteiger partial charge in [-0.25, -0.2) is 0 Å². The number of ketones is 1. The first-order chi connectivity index (χ1) is 14.5. The maximum atomic E-state index is 13.1. The molecule has 7 nitrogen and oxygen atoms in total. The van der Waals surface area contributed by atoms with E-state index in [0.717, 1.165) is 16.2 Å². The zero-order valence-corrected chi connectivity index (χ0v) is 17.2. The summed E-state index contributed by atoms with van der Waals surface area (Å²) < 4.78 is 0. The molecule has 2 aliphatic rings. The van der Waals surface area contributed by atoms with Crippen molar-refractivity contribution < 1.29 is 9.72 Å². The van der Waals surface area contributed by atoms with E-state index >= 15 is 0 Å². The summed E-state index contributed by atoms with van der Waals surface area (Å²) in [5.74, 6) is -0.407. The molecular formula is C22H20N4O3S. The van der Waals surface area contributed by atoms with E-state index in [4.69, 9.17) is 5.73 Å². The minimum atomic E-state index is -0.526. The van der Waals surface area contributed by atoms with Crippen molar-refractivity contribution in [2.24, 2.45) is 5.73 Å². The molecule has 0 spiro atoms. The lowest BCUT2D eigenvalue weighted by molar-refractivity contribution is -0.384. The standard InChI is InChI=1S/C22H20N4O3S/c1-2-13-10-11-19(30-13)20-14(12-23)22(24)25(17-8-5-9-18(27)21(17)20)15-6-3-4-7-16(15)26(28)29/h3-4,6-7,10-11,20H,2,5,8-9,24H2,1H3/t20-/m0/s1. The lowest BCUT2D eigenvalue weighted by Gasteiger charge is -2.38. The van der Waals surface area contributed by atoms with Crippen LogP contribution in [0.4, 0.5) is 11.4 Å². The molecule has 4 rings (SSSR count). The lowest BCUT2D eigenvalue weighted by Crippen LogP contribution is -2.38. The van der Waals surface area contributed by atoms with Crippen LogP contribution in [0.1, 0.15) is 41.9 Å². The van der Waals surface area contributed by atoms with E-state index in [-0.39, 0.29) is 28.6 Å². The fraction of sp³-hybridized carbons (Fsp3) is 0.273. The number of rotatable bonds is 4. The van der Waals surface area contributed by atoms with E-state index in [1.165, 1.54) is 6.07 Å². The van der Waals surface area contributed by atoms with Gasteiger partial charge in [-0.1, -0.05) is 19.1 Å². The molecule has 1 atom stereocenters. The van der Waals surface area contributed by atoms with E-state index < -0.39 is 10.8 Å². The molecule has 0 fully saturated rings. The topological polar surface area (TPSA) is 113 Å². The first-order valence-corrected chi connectivity index (χ1v) is 10.6. The number of nitrogens with two attached hydrogens (primary N) is 1. The fourth-order valence-corrected chi connectivity index (χ4v) is 5.27. The van der Waals surface area contributed by atoms with Crippen molar-refractivity contribution in [3.8, 4) is 6.07 Å². The monoisotopic (exact) mass is 420 g/mol. The molecule has 1 aliphatic carbocycles. The molecule has 0 saturated heterocycles. The summed E-state index contributed by atoms with van der Waals surface area (Å²) in [6.45, 7) is 2.05. The van der Waals surface area contributed by atoms with Gasteiger partial charge in [0.05, 0.1) is 22.5 Å². The van der Waals surface area contributed by atoms with Crippen LogP contribution in [0.15, 0.2) is 59.1 Å². The van der Waals surface area contributed by atoms with Crippen LogP contribution in [0.5, 0.6) is 0 Å². The average Bonchev–Trinajstić information content (AvgIpc) is 3.22. The number of nitro benzene ring substituents is 1. The van der Waals surface area contributed by atoms with Crippen LogP contribution >= 0.6 is 11.3 Å². The number of para-hydroxylation sites is 2. The molecule has 0 bridgehead atoms. The van der Waals surface area contributed by atoms with Gasteiger partial charge in [0.25, 0.3) is 5.69 Å². The molecule has 0 amide bonds. The van der Waals surface area contributed by atoms with Gasteiger partial charge in [0.15, 0.2) is 5.78 Å². The predicted octanol–water partition coefficient (Wildman–Crippen LogP) is 4.52. The van der Waals surface area contributed by atoms with Gasteiger partial charge in [-0.05, 0) is 37.5 Å². The van der Waals surface area contributed by atoms with Crippen LogP contribution in [-0.4, -0.2) is 10.7 Å². The second-order valence-electron chi connectivity index (χ2n) is 7.22. The number of hydrogen-bond donors (Lipinski definition) is 1. The number of nitro groups is 1. The Morgan fingerprint density at radius 2 is 2.07 bits per heavy atom. The number of thiophene rings is 1. The maximum absolute atomic E-state index is 13.1. The van der Waals surface area contributed by atoms with Crippen molar-refractivity contribution in [3.63, 3.8) is 0 Å². The molecule has 0 saturated carbocycles. The van der Waals surface area contributed by atoms with Gasteiger partial charge in [0, 0.05) is 33.5 Å². The number of anilines is 1. The Kier molecular flexibility index (Phi) is 5.14. The molecule has 0 radical (unpaired) electrons. The smallest absolute Gasteiger partial charge is 0.293 e. The van der Waals surface area contributed by atoms with Gasteiger partial charge in [-0.3, -0.25) is 19.8 Å². The minimum Gasteiger partial charge on any atom is -0.384 e. The number of Topliss-reactive ketones (excluding diaryl/α,β-unsaturated/α-hetero) is 1. The van der Waals surface area contributed by atoms with Crippen LogP contribution in [0, 0.1) is 21.4 Å². The summed E-state index contributed by atoms with van der Waals surface area (Å²) in [6.07, 6.45) is 2.46. The third-order valence-corrected chi connectivity index (χ3v) is 6.84. The number of nitriles is 1. The van der Waals surface area contributed by atoms with Gasteiger partial charge in [-0.15, -0.1) is 11.3 Å². The molecule has 30 heavy (non-hydrogen) atoms. The summed E-state index contributed by atoms with van der Waals surface area (Å²) >= 11 is 1.57. The van der Waals surface area contributed by atoms with Gasteiger partial charge in [0.1, 0.15) is 11.5 Å². The second-order valence-corrected chi connectivity index (χ2v) is 8.42. The largest absolute Gasteiger partial charge is 0.384 e. The SMILES string of the molecule is CCc1ccc([C@@H]2C(C#N)=C(N)N(c3ccccc3[N+](=O)[O-])C3=C2C(=O)CCC3)s1. The van der Waals surface area contributed by atoms with Crippen LogP contribution in [-0.2, 0) is 11.2 Å². The molecule has 2 N–H and O–H groups in total. The van der Waals surface area contributed by atoms with Crippen molar-refractivity contribution in [2.45, 2.75) is 38.5 Å². The van der Waals surface area contributed by atoms with E-state index in [0.29, 0.717) is 30.5 Å².